The SMILES string of the molecule is CCCCCOC(=O)OC(C)CC(c1ccc(OC(=O)CCCCC)c(OC(=O)CCCCC)c1)[C@H](N)C(=O)O. The van der Waals surface area contributed by atoms with E-state index in [1.54, 1.807) is 13.0 Å². The van der Waals surface area contributed by atoms with Gasteiger partial charge in [-0.2, -0.15) is 0 Å². The van der Waals surface area contributed by atoms with Gasteiger partial charge in [-0.15, -0.1) is 0 Å². The molecule has 0 bridgehead atoms. The van der Waals surface area contributed by atoms with Crippen molar-refractivity contribution >= 4 is 24.1 Å². The average molecular weight is 566 g/mol. The van der Waals surface area contributed by atoms with Crippen molar-refractivity contribution in [2.24, 2.45) is 5.73 Å². The number of hydrogen-bond acceptors (Lipinski definition) is 9. The van der Waals surface area contributed by atoms with Crippen LogP contribution in [0.4, 0.5) is 4.79 Å². The molecule has 10 nitrogen and oxygen atoms in total. The van der Waals surface area contributed by atoms with Crippen LogP contribution in [0.5, 0.6) is 11.5 Å². The van der Waals surface area contributed by atoms with Gasteiger partial charge in [-0.25, -0.2) is 4.79 Å². The van der Waals surface area contributed by atoms with Gasteiger partial charge in [-0.3, -0.25) is 14.4 Å². The molecule has 0 aliphatic heterocycles. The smallest absolute Gasteiger partial charge is 0.480 e. The molecule has 2 unspecified atom stereocenters. The highest BCUT2D eigenvalue weighted by molar-refractivity contribution is 5.77. The Morgan fingerprint density at radius 3 is 1.93 bits per heavy atom. The second kappa shape index (κ2) is 19.8. The molecule has 0 radical (unpaired) electrons. The van der Waals surface area contributed by atoms with Gasteiger partial charge >= 0.3 is 24.1 Å². The number of aliphatic carboxylic acids is 1. The summed E-state index contributed by atoms with van der Waals surface area (Å²) < 4.78 is 21.5. The number of carbonyl (C=O) groups is 4. The second-order valence-corrected chi connectivity index (χ2v) is 10.0. The summed E-state index contributed by atoms with van der Waals surface area (Å²) in [5.41, 5.74) is 6.47. The summed E-state index contributed by atoms with van der Waals surface area (Å²) in [6, 6.07) is 3.17. The topological polar surface area (TPSA) is 151 Å². The van der Waals surface area contributed by atoms with E-state index in [-0.39, 0.29) is 37.4 Å². The fourth-order valence-electron chi connectivity index (χ4n) is 4.08. The molecule has 226 valence electrons. The second-order valence-electron chi connectivity index (χ2n) is 10.0. The summed E-state index contributed by atoms with van der Waals surface area (Å²) in [6.07, 6.45) is 6.51. The minimum atomic E-state index is -1.35. The van der Waals surface area contributed by atoms with Crippen molar-refractivity contribution in [3.63, 3.8) is 0 Å². The predicted octanol–water partition coefficient (Wildman–Crippen LogP) is 6.28. The van der Waals surface area contributed by atoms with Gasteiger partial charge in [0.2, 0.25) is 0 Å². The number of unbranched alkanes of at least 4 members (excludes halogenated alkanes) is 6. The first kappa shape index (κ1) is 34.9. The van der Waals surface area contributed by atoms with Crippen LogP contribution in [0.2, 0.25) is 0 Å². The first-order valence-corrected chi connectivity index (χ1v) is 14.5. The molecule has 0 aliphatic rings. The van der Waals surface area contributed by atoms with Gasteiger partial charge in [0.05, 0.1) is 6.61 Å². The average Bonchev–Trinajstić information content (AvgIpc) is 2.90. The molecule has 0 saturated heterocycles. The standard InChI is InChI=1S/C30H47NO9/c1-5-8-11-14-26(32)39-24-17-16-22(20-25(24)40-27(33)15-12-9-6-2)23(28(31)29(34)35)19-21(4)38-30(36)37-18-13-10-7-3/h16-17,20-21,23,28H,5-15,18-19,31H2,1-4H3,(H,34,35)/t21?,23?,28-/m0/s1. The Labute approximate surface area is 237 Å². The molecule has 10 heteroatoms. The molecule has 0 fully saturated rings. The quantitative estimate of drug-likeness (QED) is 0.105. The van der Waals surface area contributed by atoms with Crippen LogP contribution in [-0.4, -0.2) is 47.9 Å². The fourth-order valence-corrected chi connectivity index (χ4v) is 4.08. The zero-order valence-corrected chi connectivity index (χ0v) is 24.4. The third-order valence-electron chi connectivity index (χ3n) is 6.38. The summed E-state index contributed by atoms with van der Waals surface area (Å²) in [5, 5.41) is 9.67. The molecule has 0 aliphatic carbocycles. The normalized spacial score (nSPS) is 13.1. The Hall–Kier alpha value is -3.14. The maximum Gasteiger partial charge on any atom is 0.508 e. The lowest BCUT2D eigenvalue weighted by atomic mass is 9.87. The van der Waals surface area contributed by atoms with Crippen molar-refractivity contribution in [3.05, 3.63) is 23.8 Å². The highest BCUT2D eigenvalue weighted by Gasteiger charge is 2.30. The number of carboxylic acids is 1. The van der Waals surface area contributed by atoms with Crippen LogP contribution in [0.25, 0.3) is 0 Å². The number of ether oxygens (including phenoxy) is 4. The van der Waals surface area contributed by atoms with Gasteiger partial charge in [-0.05, 0) is 50.3 Å². The number of benzene rings is 1. The first-order chi connectivity index (χ1) is 19.1. The lowest BCUT2D eigenvalue weighted by molar-refractivity contribution is -0.139. The highest BCUT2D eigenvalue weighted by atomic mass is 16.7. The molecule has 0 aromatic heterocycles. The molecule has 3 atom stereocenters. The lowest BCUT2D eigenvalue weighted by Crippen LogP contribution is -2.38. The van der Waals surface area contributed by atoms with E-state index in [4.69, 9.17) is 24.7 Å². The van der Waals surface area contributed by atoms with Gasteiger partial charge in [-0.1, -0.05) is 65.4 Å². The van der Waals surface area contributed by atoms with Crippen molar-refractivity contribution in [1.29, 1.82) is 0 Å². The zero-order chi connectivity index (χ0) is 29.9. The zero-order valence-electron chi connectivity index (χ0n) is 24.4. The molecule has 1 aromatic carbocycles. The van der Waals surface area contributed by atoms with Crippen LogP contribution in [0.1, 0.15) is 116 Å². The van der Waals surface area contributed by atoms with Crippen molar-refractivity contribution in [2.45, 2.75) is 123 Å². The Morgan fingerprint density at radius 2 is 1.38 bits per heavy atom. The van der Waals surface area contributed by atoms with E-state index in [1.165, 1.54) is 12.1 Å². The van der Waals surface area contributed by atoms with E-state index in [0.29, 0.717) is 18.4 Å². The minimum Gasteiger partial charge on any atom is -0.480 e. The first-order valence-electron chi connectivity index (χ1n) is 14.5. The van der Waals surface area contributed by atoms with Gasteiger partial charge in [0.25, 0.3) is 0 Å². The number of carbonyl (C=O) groups excluding carboxylic acids is 3. The summed E-state index contributed by atoms with van der Waals surface area (Å²) >= 11 is 0. The maximum atomic E-state index is 12.5. The van der Waals surface area contributed by atoms with Crippen LogP contribution < -0.4 is 15.2 Å². The van der Waals surface area contributed by atoms with E-state index in [1.807, 2.05) is 20.8 Å². The molecule has 0 heterocycles. The third kappa shape index (κ3) is 13.8. The molecule has 0 spiro atoms. The van der Waals surface area contributed by atoms with E-state index >= 15 is 0 Å². The fraction of sp³-hybridized carbons (Fsp3) is 0.667. The molecule has 0 amide bonds. The Kier molecular flexibility index (Phi) is 17.3. The summed E-state index contributed by atoms with van der Waals surface area (Å²) in [4.78, 5) is 48.8. The van der Waals surface area contributed by atoms with Crippen molar-refractivity contribution < 1.29 is 43.2 Å². The van der Waals surface area contributed by atoms with Crippen LogP contribution in [0, 0.1) is 0 Å². The van der Waals surface area contributed by atoms with Crippen molar-refractivity contribution in [2.75, 3.05) is 6.61 Å². The summed E-state index contributed by atoms with van der Waals surface area (Å²) in [7, 11) is 0. The van der Waals surface area contributed by atoms with Gasteiger partial charge < -0.3 is 29.8 Å². The Balaban J connectivity index is 3.16. The molecular weight excluding hydrogens is 518 g/mol. The van der Waals surface area contributed by atoms with Gasteiger partial charge in [0.15, 0.2) is 11.5 Å². The van der Waals surface area contributed by atoms with E-state index < -0.39 is 42.1 Å². The van der Waals surface area contributed by atoms with E-state index in [0.717, 1.165) is 44.9 Å². The largest absolute Gasteiger partial charge is 0.508 e. The lowest BCUT2D eigenvalue weighted by Gasteiger charge is -2.25. The molecule has 0 saturated carbocycles. The highest BCUT2D eigenvalue weighted by Crippen LogP contribution is 2.35. The molecular formula is C30H47NO9. The van der Waals surface area contributed by atoms with Gasteiger partial charge in [0, 0.05) is 18.8 Å². The van der Waals surface area contributed by atoms with E-state index in [9.17, 15) is 24.3 Å². The van der Waals surface area contributed by atoms with Crippen molar-refractivity contribution in [3.8, 4) is 11.5 Å². The third-order valence-corrected chi connectivity index (χ3v) is 6.38. The van der Waals surface area contributed by atoms with Crippen molar-refractivity contribution in [1.82, 2.24) is 0 Å². The summed E-state index contributed by atoms with van der Waals surface area (Å²) in [6.45, 7) is 7.95. The molecule has 1 aromatic rings. The van der Waals surface area contributed by atoms with Crippen LogP contribution >= 0.6 is 0 Å². The maximum absolute atomic E-state index is 12.5. The minimum absolute atomic E-state index is 0.00864. The Morgan fingerprint density at radius 1 is 0.825 bits per heavy atom. The number of esters is 2. The monoisotopic (exact) mass is 565 g/mol. The van der Waals surface area contributed by atoms with Crippen LogP contribution in [0.3, 0.4) is 0 Å². The number of hydrogen-bond donors (Lipinski definition) is 2. The van der Waals surface area contributed by atoms with Crippen LogP contribution in [-0.2, 0) is 23.9 Å². The Bertz CT molecular complexity index is 934. The summed E-state index contributed by atoms with van der Waals surface area (Å²) in [5.74, 6) is -2.93. The number of nitrogens with two attached hydrogens (primary N) is 1. The number of rotatable bonds is 20. The predicted molar refractivity (Wildman–Crippen MR) is 150 cm³/mol. The van der Waals surface area contributed by atoms with Crippen LogP contribution in [0.15, 0.2) is 18.2 Å². The molecule has 1 rings (SSSR count). The molecule has 40 heavy (non-hydrogen) atoms. The van der Waals surface area contributed by atoms with Gasteiger partial charge in [0.1, 0.15) is 12.1 Å². The molecule has 3 N–H and O–H groups in total. The van der Waals surface area contributed by atoms with E-state index in [2.05, 4.69) is 0 Å². The number of carboxylic acid groups (broad SMARTS) is 1.